The quantitative estimate of drug-likeness (QED) is 0.642. The Morgan fingerprint density at radius 1 is 1.35 bits per heavy atom. The third kappa shape index (κ3) is 2.08. The molecule has 0 radical (unpaired) electrons. The fraction of sp³-hybridized carbons (Fsp3) is 0.818. The summed E-state index contributed by atoms with van der Waals surface area (Å²) in [5.74, 6) is 0.554. The Hall–Kier alpha value is -0.980. The van der Waals surface area contributed by atoms with Gasteiger partial charge in [-0.15, -0.1) is 5.10 Å². The van der Waals surface area contributed by atoms with E-state index in [0.29, 0.717) is 18.9 Å². The van der Waals surface area contributed by atoms with Crippen molar-refractivity contribution >= 4 is 0 Å². The largest absolute Gasteiger partial charge is 0.390 e. The van der Waals surface area contributed by atoms with Crippen LogP contribution >= 0.6 is 0 Å². The number of hydrogen-bond donors (Lipinski definition) is 3. The van der Waals surface area contributed by atoms with Gasteiger partial charge < -0.3 is 15.9 Å². The SMILES string of the molecule is N[C@@H]1C[C@H](Cn2cc(C3CC3)nn2)[C@@H](O)[C@H]1O. The summed E-state index contributed by atoms with van der Waals surface area (Å²) in [5.41, 5.74) is 6.76. The van der Waals surface area contributed by atoms with Crippen LogP contribution in [0, 0.1) is 5.92 Å². The molecule has 2 saturated carbocycles. The van der Waals surface area contributed by atoms with Gasteiger partial charge in [0.05, 0.1) is 17.9 Å². The van der Waals surface area contributed by atoms with Gasteiger partial charge in [0.15, 0.2) is 0 Å². The Morgan fingerprint density at radius 2 is 2.12 bits per heavy atom. The lowest BCUT2D eigenvalue weighted by Gasteiger charge is -2.15. The monoisotopic (exact) mass is 238 g/mol. The van der Waals surface area contributed by atoms with Crippen LogP contribution < -0.4 is 5.73 Å². The molecule has 0 amide bonds. The lowest BCUT2D eigenvalue weighted by molar-refractivity contribution is 0.0113. The van der Waals surface area contributed by atoms with Gasteiger partial charge in [-0.05, 0) is 19.3 Å². The van der Waals surface area contributed by atoms with Crippen LogP contribution in [0.4, 0.5) is 0 Å². The van der Waals surface area contributed by atoms with Crippen molar-refractivity contribution in [3.8, 4) is 0 Å². The predicted molar refractivity (Wildman–Crippen MR) is 60.1 cm³/mol. The van der Waals surface area contributed by atoms with Crippen LogP contribution in [0.3, 0.4) is 0 Å². The van der Waals surface area contributed by atoms with Crippen molar-refractivity contribution in [2.24, 2.45) is 11.7 Å². The van der Waals surface area contributed by atoms with Crippen LogP contribution in [-0.2, 0) is 6.54 Å². The Kier molecular flexibility index (Phi) is 2.65. The molecule has 0 aliphatic heterocycles. The van der Waals surface area contributed by atoms with E-state index in [-0.39, 0.29) is 12.0 Å². The second-order valence-electron chi connectivity index (χ2n) is 5.28. The molecular weight excluding hydrogens is 220 g/mol. The van der Waals surface area contributed by atoms with Gasteiger partial charge in [0, 0.05) is 30.6 Å². The fourth-order valence-corrected chi connectivity index (χ4v) is 2.55. The van der Waals surface area contributed by atoms with E-state index in [1.165, 1.54) is 12.8 Å². The van der Waals surface area contributed by atoms with E-state index in [0.717, 1.165) is 5.69 Å². The second-order valence-corrected chi connectivity index (χ2v) is 5.28. The minimum atomic E-state index is -0.813. The predicted octanol–water partition coefficient (Wildman–Crippen LogP) is -0.776. The fourth-order valence-electron chi connectivity index (χ4n) is 2.55. The van der Waals surface area contributed by atoms with Gasteiger partial charge in [-0.1, -0.05) is 5.21 Å². The normalized spacial score (nSPS) is 37.6. The van der Waals surface area contributed by atoms with Gasteiger partial charge in [0.25, 0.3) is 0 Å². The third-order valence-electron chi connectivity index (χ3n) is 3.82. The standard InChI is InChI=1S/C11H18N4O2/c12-8-3-7(10(16)11(8)17)4-15-5-9(13-14-15)6-1-2-6/h5-8,10-11,16-17H,1-4,12H2/t7-,8-,10-,11+/m1/s1. The molecular formula is C11H18N4O2. The van der Waals surface area contributed by atoms with Crippen molar-refractivity contribution in [1.29, 1.82) is 0 Å². The van der Waals surface area contributed by atoms with Crippen LogP contribution in [0.1, 0.15) is 30.9 Å². The van der Waals surface area contributed by atoms with Crippen LogP contribution in [0.15, 0.2) is 6.20 Å². The summed E-state index contributed by atoms with van der Waals surface area (Å²) in [6.07, 6.45) is 3.41. The maximum absolute atomic E-state index is 9.83. The first kappa shape index (κ1) is 11.1. The lowest BCUT2D eigenvalue weighted by atomic mass is 10.1. The first-order chi connectivity index (χ1) is 8.15. The molecule has 0 bridgehead atoms. The molecule has 2 aliphatic rings. The van der Waals surface area contributed by atoms with E-state index in [1.54, 1.807) is 4.68 Å². The number of nitrogens with zero attached hydrogens (tertiary/aromatic N) is 3. The molecule has 2 aliphatic carbocycles. The molecule has 3 rings (SSSR count). The molecule has 1 aromatic rings. The number of nitrogens with two attached hydrogens (primary N) is 1. The second kappa shape index (κ2) is 4.04. The average molecular weight is 238 g/mol. The van der Waals surface area contributed by atoms with Crippen molar-refractivity contribution in [1.82, 2.24) is 15.0 Å². The first-order valence-corrected chi connectivity index (χ1v) is 6.17. The van der Waals surface area contributed by atoms with Crippen molar-refractivity contribution in [3.63, 3.8) is 0 Å². The zero-order valence-corrected chi connectivity index (χ0v) is 9.61. The van der Waals surface area contributed by atoms with Crippen LogP contribution in [-0.4, -0.2) is 43.5 Å². The van der Waals surface area contributed by atoms with Crippen molar-refractivity contribution in [3.05, 3.63) is 11.9 Å². The van der Waals surface area contributed by atoms with Gasteiger partial charge in [-0.25, -0.2) is 0 Å². The highest BCUT2D eigenvalue weighted by molar-refractivity contribution is 5.09. The zero-order chi connectivity index (χ0) is 12.0. The summed E-state index contributed by atoms with van der Waals surface area (Å²) in [6.45, 7) is 0.575. The summed E-state index contributed by atoms with van der Waals surface area (Å²) in [4.78, 5) is 0. The van der Waals surface area contributed by atoms with Crippen molar-refractivity contribution in [2.75, 3.05) is 0 Å². The molecule has 94 valence electrons. The number of rotatable bonds is 3. The molecule has 0 saturated heterocycles. The van der Waals surface area contributed by atoms with Crippen LogP contribution in [0.5, 0.6) is 0 Å². The topological polar surface area (TPSA) is 97.2 Å². The molecule has 0 unspecified atom stereocenters. The molecule has 17 heavy (non-hydrogen) atoms. The van der Waals surface area contributed by atoms with E-state index < -0.39 is 12.2 Å². The van der Waals surface area contributed by atoms with E-state index in [1.807, 2.05) is 6.20 Å². The summed E-state index contributed by atoms with van der Waals surface area (Å²) in [7, 11) is 0. The highest BCUT2D eigenvalue weighted by atomic mass is 16.3. The summed E-state index contributed by atoms with van der Waals surface area (Å²) in [5, 5.41) is 27.6. The summed E-state index contributed by atoms with van der Waals surface area (Å²) < 4.78 is 1.76. The van der Waals surface area contributed by atoms with Crippen LogP contribution in [0.25, 0.3) is 0 Å². The maximum Gasteiger partial charge on any atom is 0.0953 e. The molecule has 1 heterocycles. The third-order valence-corrected chi connectivity index (χ3v) is 3.82. The van der Waals surface area contributed by atoms with Crippen molar-refractivity contribution in [2.45, 2.75) is 50.0 Å². The summed E-state index contributed by atoms with van der Waals surface area (Å²) >= 11 is 0. The number of aliphatic hydroxyl groups excluding tert-OH is 2. The minimum absolute atomic E-state index is 0.0336. The zero-order valence-electron chi connectivity index (χ0n) is 9.61. The Morgan fingerprint density at radius 3 is 2.71 bits per heavy atom. The highest BCUT2D eigenvalue weighted by Crippen LogP contribution is 2.38. The van der Waals surface area contributed by atoms with E-state index in [9.17, 15) is 10.2 Å². The van der Waals surface area contributed by atoms with E-state index in [4.69, 9.17) is 5.73 Å². The van der Waals surface area contributed by atoms with Gasteiger partial charge in [-0.2, -0.15) is 0 Å². The van der Waals surface area contributed by atoms with Gasteiger partial charge in [-0.3, -0.25) is 4.68 Å². The van der Waals surface area contributed by atoms with E-state index >= 15 is 0 Å². The summed E-state index contributed by atoms with van der Waals surface area (Å²) in [6, 6.07) is -0.332. The van der Waals surface area contributed by atoms with Gasteiger partial charge in [0.1, 0.15) is 0 Å². The molecule has 1 aromatic heterocycles. The Labute approximate surface area is 99.4 Å². The van der Waals surface area contributed by atoms with Crippen molar-refractivity contribution < 1.29 is 10.2 Å². The molecule has 4 atom stereocenters. The van der Waals surface area contributed by atoms with Gasteiger partial charge >= 0.3 is 0 Å². The molecule has 6 heteroatoms. The molecule has 6 nitrogen and oxygen atoms in total. The Bertz CT molecular complexity index is 404. The highest BCUT2D eigenvalue weighted by Gasteiger charge is 2.39. The first-order valence-electron chi connectivity index (χ1n) is 6.17. The lowest BCUT2D eigenvalue weighted by Crippen LogP contribution is -2.36. The number of aromatic nitrogens is 3. The smallest absolute Gasteiger partial charge is 0.0953 e. The Balaban J connectivity index is 1.65. The molecule has 0 aromatic carbocycles. The van der Waals surface area contributed by atoms with E-state index in [2.05, 4.69) is 10.3 Å². The molecule has 0 spiro atoms. The number of hydrogen-bond acceptors (Lipinski definition) is 5. The number of aliphatic hydroxyl groups is 2. The minimum Gasteiger partial charge on any atom is -0.390 e. The van der Waals surface area contributed by atoms with Gasteiger partial charge in [0.2, 0.25) is 0 Å². The molecule has 2 fully saturated rings. The van der Waals surface area contributed by atoms with Crippen LogP contribution in [0.2, 0.25) is 0 Å². The average Bonchev–Trinajstić information content (AvgIpc) is 3.02. The maximum atomic E-state index is 9.83. The molecule has 4 N–H and O–H groups in total.